The molecule has 0 atom stereocenters. The van der Waals surface area contributed by atoms with Crippen LogP contribution in [0.25, 0.3) is 0 Å². The third kappa shape index (κ3) is 2.54. The average molecular weight is 281 g/mol. The lowest BCUT2D eigenvalue weighted by molar-refractivity contribution is 0.0675. The van der Waals surface area contributed by atoms with Gasteiger partial charge in [-0.2, -0.15) is 0 Å². The van der Waals surface area contributed by atoms with Gasteiger partial charge in [0.1, 0.15) is 5.82 Å². The molecule has 100 valence electrons. The summed E-state index contributed by atoms with van der Waals surface area (Å²) in [6.45, 7) is 1.10. The number of halogens is 3. The van der Waals surface area contributed by atoms with E-state index in [9.17, 15) is 26.4 Å². The van der Waals surface area contributed by atoms with Crippen LogP contribution in [0.4, 0.5) is 13.2 Å². The first kappa shape index (κ1) is 14.7. The third-order valence-electron chi connectivity index (χ3n) is 2.34. The zero-order chi connectivity index (χ0) is 14.1. The molecule has 4 nitrogen and oxygen atoms in total. The van der Waals surface area contributed by atoms with E-state index in [1.165, 1.54) is 0 Å². The quantitative estimate of drug-likeness (QED) is 0.850. The molecule has 0 heterocycles. The van der Waals surface area contributed by atoms with E-state index in [2.05, 4.69) is 0 Å². The van der Waals surface area contributed by atoms with Crippen LogP contribution in [-0.4, -0.2) is 27.7 Å². The zero-order valence-corrected chi connectivity index (χ0v) is 10.3. The van der Waals surface area contributed by atoms with Crippen LogP contribution in [0.1, 0.15) is 15.9 Å². The molecule has 0 unspecified atom stereocenters. The molecule has 0 saturated heterocycles. The fraction of sp³-hybridized carbons (Fsp3) is 0.300. The number of hydrogen-bond acceptors (Lipinski definition) is 3. The second-order valence-corrected chi connectivity index (χ2v) is 5.24. The van der Waals surface area contributed by atoms with Crippen molar-refractivity contribution in [2.24, 2.45) is 0 Å². The van der Waals surface area contributed by atoms with Gasteiger partial charge in [0, 0.05) is 11.1 Å². The molecular formula is C10H10F3NO3S. The SMILES string of the molecule is CNS(=O)(=O)c1c(C(=O)C(F)F)ccc(F)c1C. The molecule has 0 saturated carbocycles. The van der Waals surface area contributed by atoms with Crippen LogP contribution in [0.5, 0.6) is 0 Å². The van der Waals surface area contributed by atoms with Gasteiger partial charge in [-0.15, -0.1) is 0 Å². The molecule has 0 amide bonds. The van der Waals surface area contributed by atoms with Crippen molar-refractivity contribution < 1.29 is 26.4 Å². The lowest BCUT2D eigenvalue weighted by atomic mass is 10.1. The summed E-state index contributed by atoms with van der Waals surface area (Å²) < 4.78 is 63.2. The Labute approximate surface area is 102 Å². The molecule has 0 bridgehead atoms. The summed E-state index contributed by atoms with van der Waals surface area (Å²) >= 11 is 0. The topological polar surface area (TPSA) is 63.2 Å². The first-order valence-corrected chi connectivity index (χ1v) is 6.25. The molecule has 1 aromatic rings. The fourth-order valence-electron chi connectivity index (χ4n) is 1.43. The summed E-state index contributed by atoms with van der Waals surface area (Å²) in [6, 6.07) is 1.51. The maximum Gasteiger partial charge on any atom is 0.300 e. The summed E-state index contributed by atoms with van der Waals surface area (Å²) in [4.78, 5) is 10.5. The molecule has 8 heteroatoms. The van der Waals surface area contributed by atoms with Gasteiger partial charge in [-0.3, -0.25) is 4.79 Å². The highest BCUT2D eigenvalue weighted by molar-refractivity contribution is 7.89. The predicted octanol–water partition coefficient (Wildman–Crippen LogP) is 1.49. The van der Waals surface area contributed by atoms with E-state index in [0.717, 1.165) is 26.1 Å². The average Bonchev–Trinajstić information content (AvgIpc) is 2.31. The molecule has 0 radical (unpaired) electrons. The molecule has 1 rings (SSSR count). The second-order valence-electron chi connectivity index (χ2n) is 3.42. The maximum atomic E-state index is 13.3. The van der Waals surface area contributed by atoms with Crippen molar-refractivity contribution in [2.45, 2.75) is 18.2 Å². The van der Waals surface area contributed by atoms with Crippen LogP contribution in [-0.2, 0) is 10.0 Å². The number of Topliss-reactive ketones (excluding diaryl/α,β-unsaturated/α-hetero) is 1. The monoisotopic (exact) mass is 281 g/mol. The van der Waals surface area contributed by atoms with E-state index >= 15 is 0 Å². The van der Waals surface area contributed by atoms with Gasteiger partial charge in [-0.1, -0.05) is 0 Å². The van der Waals surface area contributed by atoms with Gasteiger partial charge in [-0.05, 0) is 26.1 Å². The largest absolute Gasteiger partial charge is 0.300 e. The Morgan fingerprint density at radius 3 is 2.33 bits per heavy atom. The summed E-state index contributed by atoms with van der Waals surface area (Å²) in [7, 11) is -3.17. The molecule has 18 heavy (non-hydrogen) atoms. The van der Waals surface area contributed by atoms with Crippen molar-refractivity contribution in [3.63, 3.8) is 0 Å². The van der Waals surface area contributed by atoms with E-state index in [-0.39, 0.29) is 5.56 Å². The van der Waals surface area contributed by atoms with Crippen molar-refractivity contribution in [3.8, 4) is 0 Å². The zero-order valence-electron chi connectivity index (χ0n) is 9.50. The summed E-state index contributed by atoms with van der Waals surface area (Å²) in [5, 5.41) is 0. The molecule has 1 N–H and O–H groups in total. The number of rotatable bonds is 4. The van der Waals surface area contributed by atoms with Crippen LogP contribution >= 0.6 is 0 Å². The van der Waals surface area contributed by atoms with Crippen molar-refractivity contribution in [3.05, 3.63) is 29.1 Å². The van der Waals surface area contributed by atoms with Crippen LogP contribution in [0, 0.1) is 12.7 Å². The Bertz CT molecular complexity index is 584. The van der Waals surface area contributed by atoms with Crippen molar-refractivity contribution in [2.75, 3.05) is 7.05 Å². The molecule has 0 aliphatic carbocycles. The van der Waals surface area contributed by atoms with Crippen molar-refractivity contribution in [1.29, 1.82) is 0 Å². The minimum Gasteiger partial charge on any atom is -0.288 e. The predicted molar refractivity (Wildman–Crippen MR) is 57.7 cm³/mol. The normalized spacial score (nSPS) is 11.9. The number of hydrogen-bond donors (Lipinski definition) is 1. The van der Waals surface area contributed by atoms with Gasteiger partial charge in [0.05, 0.1) is 4.90 Å². The molecule has 0 spiro atoms. The van der Waals surface area contributed by atoms with E-state index in [0.29, 0.717) is 0 Å². The van der Waals surface area contributed by atoms with Crippen LogP contribution in [0.15, 0.2) is 17.0 Å². The smallest absolute Gasteiger partial charge is 0.288 e. The first-order valence-electron chi connectivity index (χ1n) is 4.77. The Morgan fingerprint density at radius 2 is 1.89 bits per heavy atom. The molecule has 0 aromatic heterocycles. The molecule has 1 aromatic carbocycles. The number of ketones is 1. The number of alkyl halides is 2. The highest BCUT2D eigenvalue weighted by atomic mass is 32.2. The Hall–Kier alpha value is -1.41. The van der Waals surface area contributed by atoms with Gasteiger partial charge in [0.25, 0.3) is 0 Å². The van der Waals surface area contributed by atoms with Gasteiger partial charge in [-0.25, -0.2) is 26.3 Å². The van der Waals surface area contributed by atoms with Crippen molar-refractivity contribution in [1.82, 2.24) is 4.72 Å². The number of carbonyl (C=O) groups excluding carboxylic acids is 1. The lowest BCUT2D eigenvalue weighted by Gasteiger charge is -2.12. The summed E-state index contributed by atoms with van der Waals surface area (Å²) in [6.07, 6.45) is -3.36. The number of carbonyl (C=O) groups is 1. The van der Waals surface area contributed by atoms with E-state index < -0.39 is 38.5 Å². The van der Waals surface area contributed by atoms with Gasteiger partial charge in [0.2, 0.25) is 15.8 Å². The minimum absolute atomic E-state index is 0.379. The number of sulfonamides is 1. The van der Waals surface area contributed by atoms with Crippen LogP contribution < -0.4 is 4.72 Å². The highest BCUT2D eigenvalue weighted by Crippen LogP contribution is 2.24. The van der Waals surface area contributed by atoms with Gasteiger partial charge < -0.3 is 0 Å². The summed E-state index contributed by atoms with van der Waals surface area (Å²) in [5.74, 6) is -2.55. The maximum absolute atomic E-state index is 13.3. The lowest BCUT2D eigenvalue weighted by Crippen LogP contribution is -2.24. The minimum atomic E-state index is -4.20. The van der Waals surface area contributed by atoms with E-state index in [1.807, 2.05) is 4.72 Å². The molecule has 0 fully saturated rings. The molecule has 0 aliphatic heterocycles. The second kappa shape index (κ2) is 5.07. The molecular weight excluding hydrogens is 271 g/mol. The Kier molecular flexibility index (Phi) is 4.12. The number of nitrogens with one attached hydrogen (secondary N) is 1. The third-order valence-corrected chi connectivity index (χ3v) is 3.94. The molecule has 0 aliphatic rings. The first-order chi connectivity index (χ1) is 8.22. The van der Waals surface area contributed by atoms with Crippen LogP contribution in [0.2, 0.25) is 0 Å². The van der Waals surface area contributed by atoms with Crippen molar-refractivity contribution >= 4 is 15.8 Å². The van der Waals surface area contributed by atoms with E-state index in [1.54, 1.807) is 0 Å². The standard InChI is InChI=1S/C10H10F3NO3S/c1-5-7(11)4-3-6(8(15)10(12)13)9(5)18(16,17)14-2/h3-4,10,14H,1-2H3. The Morgan fingerprint density at radius 1 is 1.33 bits per heavy atom. The fourth-order valence-corrected chi connectivity index (χ4v) is 2.59. The highest BCUT2D eigenvalue weighted by Gasteiger charge is 2.29. The number of benzene rings is 1. The van der Waals surface area contributed by atoms with Crippen LogP contribution in [0.3, 0.4) is 0 Å². The van der Waals surface area contributed by atoms with Gasteiger partial charge >= 0.3 is 6.43 Å². The van der Waals surface area contributed by atoms with Gasteiger partial charge in [0.15, 0.2) is 0 Å². The Balaban J connectivity index is 3.65. The van der Waals surface area contributed by atoms with E-state index in [4.69, 9.17) is 0 Å². The summed E-state index contributed by atoms with van der Waals surface area (Å²) in [5.41, 5.74) is -1.10.